The third kappa shape index (κ3) is 6.19. The van der Waals surface area contributed by atoms with E-state index in [2.05, 4.69) is 52.9 Å². The Hall–Kier alpha value is -3.99. The summed E-state index contributed by atoms with van der Waals surface area (Å²) in [6.45, 7) is 7.34. The van der Waals surface area contributed by atoms with Gasteiger partial charge in [-0.2, -0.15) is 0 Å². The Kier molecular flexibility index (Phi) is 7.78. The summed E-state index contributed by atoms with van der Waals surface area (Å²) >= 11 is 0.960. The highest BCUT2D eigenvalue weighted by atomic mass is 32.1. The molecule has 2 aliphatic rings. The second kappa shape index (κ2) is 11.4. The van der Waals surface area contributed by atoms with Gasteiger partial charge in [0.2, 0.25) is 22.7 Å². The van der Waals surface area contributed by atoms with E-state index in [0.717, 1.165) is 29.7 Å². The largest absolute Gasteiger partial charge is 0.454 e. The molecular weight excluding hydrogens is 518 g/mol. The maximum atomic E-state index is 13.0. The van der Waals surface area contributed by atoms with Crippen molar-refractivity contribution in [3.05, 3.63) is 63.1 Å². The third-order valence-corrected chi connectivity index (χ3v) is 8.13. The van der Waals surface area contributed by atoms with Crippen molar-refractivity contribution in [1.82, 2.24) is 20.4 Å². The lowest BCUT2D eigenvalue weighted by Gasteiger charge is -2.31. The van der Waals surface area contributed by atoms with E-state index >= 15 is 0 Å². The molecule has 1 saturated heterocycles. The van der Waals surface area contributed by atoms with Crippen LogP contribution in [0.2, 0.25) is 0 Å². The molecule has 5 rings (SSSR count). The number of nitrogens with one attached hydrogen (secondary N) is 2. The summed E-state index contributed by atoms with van der Waals surface area (Å²) < 4.78 is 10.6. The fraction of sp³-hybridized carbons (Fsp3) is 0.393. The topological polar surface area (TPSA) is 123 Å². The van der Waals surface area contributed by atoms with Gasteiger partial charge in [-0.05, 0) is 68.4 Å². The van der Waals surface area contributed by atoms with E-state index in [4.69, 9.17) is 9.47 Å². The standard InChI is InChI=1S/C28H31N5O5S/c1-16-4-5-20(12-17(16)2)18(3)29-24(34)13-19-8-10-33(11-9-19)28(36)27-32-31-26(39-27)25(35)30-21-6-7-22-23(14-21)38-15-37-22/h4-7,12,14,18-19H,8-11,13,15H2,1-3H3,(H,29,34)(H,30,35)/t18-/m1/s1. The molecule has 0 unspecified atom stereocenters. The number of fused-ring (bicyclic) bond motifs is 1. The summed E-state index contributed by atoms with van der Waals surface area (Å²) in [5.41, 5.74) is 4.06. The lowest BCUT2D eigenvalue weighted by Crippen LogP contribution is -2.39. The van der Waals surface area contributed by atoms with Crippen molar-refractivity contribution in [2.75, 3.05) is 25.2 Å². The minimum atomic E-state index is -0.454. The summed E-state index contributed by atoms with van der Waals surface area (Å²) in [6, 6.07) is 11.3. The number of ether oxygens (including phenoxy) is 2. The Morgan fingerprint density at radius 1 is 1.00 bits per heavy atom. The van der Waals surface area contributed by atoms with Gasteiger partial charge in [0, 0.05) is 31.3 Å². The summed E-state index contributed by atoms with van der Waals surface area (Å²) in [4.78, 5) is 40.0. The number of hydrogen-bond donors (Lipinski definition) is 2. The molecule has 2 aromatic carbocycles. The van der Waals surface area contributed by atoms with Crippen LogP contribution in [0.25, 0.3) is 0 Å². The number of aryl methyl sites for hydroxylation is 2. The molecule has 0 spiro atoms. The number of amides is 3. The lowest BCUT2D eigenvalue weighted by atomic mass is 9.93. The van der Waals surface area contributed by atoms with Crippen LogP contribution in [0, 0.1) is 19.8 Å². The zero-order valence-corrected chi connectivity index (χ0v) is 23.0. The molecule has 10 nitrogen and oxygen atoms in total. The minimum absolute atomic E-state index is 0.0211. The van der Waals surface area contributed by atoms with E-state index in [0.29, 0.717) is 36.7 Å². The van der Waals surface area contributed by atoms with Crippen molar-refractivity contribution in [3.8, 4) is 11.5 Å². The van der Waals surface area contributed by atoms with Gasteiger partial charge in [0.05, 0.1) is 6.04 Å². The summed E-state index contributed by atoms with van der Waals surface area (Å²) in [5.74, 6) is 0.697. The lowest BCUT2D eigenvalue weighted by molar-refractivity contribution is -0.122. The summed E-state index contributed by atoms with van der Waals surface area (Å²) in [5, 5.41) is 14.0. The molecular formula is C28H31N5O5S. The summed E-state index contributed by atoms with van der Waals surface area (Å²) in [6.07, 6.45) is 1.89. The predicted molar refractivity (Wildman–Crippen MR) is 146 cm³/mol. The average molecular weight is 550 g/mol. The fourth-order valence-corrected chi connectivity index (χ4v) is 5.42. The molecule has 0 aliphatic carbocycles. The van der Waals surface area contributed by atoms with E-state index in [-0.39, 0.29) is 40.6 Å². The normalized spacial score (nSPS) is 15.6. The Morgan fingerprint density at radius 2 is 1.74 bits per heavy atom. The predicted octanol–water partition coefficient (Wildman–Crippen LogP) is 4.26. The van der Waals surface area contributed by atoms with E-state index in [1.807, 2.05) is 6.92 Å². The molecule has 3 heterocycles. The maximum Gasteiger partial charge on any atom is 0.286 e. The van der Waals surface area contributed by atoms with Crippen LogP contribution < -0.4 is 20.1 Å². The van der Waals surface area contributed by atoms with Gasteiger partial charge in [0.15, 0.2) is 11.5 Å². The Bertz CT molecular complexity index is 1400. The highest BCUT2D eigenvalue weighted by Gasteiger charge is 2.28. The molecule has 1 aromatic heterocycles. The number of likely N-dealkylation sites (tertiary alicyclic amines) is 1. The third-order valence-electron chi connectivity index (χ3n) is 7.22. The quantitative estimate of drug-likeness (QED) is 0.452. The van der Waals surface area contributed by atoms with Gasteiger partial charge >= 0.3 is 0 Å². The monoisotopic (exact) mass is 549 g/mol. The SMILES string of the molecule is Cc1ccc([C@@H](C)NC(=O)CC2CCN(C(=O)c3nnc(C(=O)Nc4ccc5c(c4)OCO5)s3)CC2)cc1C. The molecule has 3 aromatic rings. The van der Waals surface area contributed by atoms with Crippen LogP contribution in [0.3, 0.4) is 0 Å². The zero-order valence-electron chi connectivity index (χ0n) is 22.2. The van der Waals surface area contributed by atoms with Crippen LogP contribution in [0.4, 0.5) is 5.69 Å². The molecule has 2 aliphatic heterocycles. The molecule has 204 valence electrons. The van der Waals surface area contributed by atoms with Crippen LogP contribution in [0.1, 0.15) is 68.5 Å². The molecule has 3 amide bonds. The van der Waals surface area contributed by atoms with Crippen LogP contribution in [-0.2, 0) is 4.79 Å². The van der Waals surface area contributed by atoms with Crippen LogP contribution in [-0.4, -0.2) is 52.7 Å². The first-order valence-electron chi connectivity index (χ1n) is 13.0. The number of carbonyl (C=O) groups is 3. The second-order valence-electron chi connectivity index (χ2n) is 10.0. The number of rotatable bonds is 7. The number of piperidine rings is 1. The Morgan fingerprint density at radius 3 is 2.51 bits per heavy atom. The molecule has 0 saturated carbocycles. The van der Waals surface area contributed by atoms with Crippen molar-refractivity contribution in [2.24, 2.45) is 5.92 Å². The van der Waals surface area contributed by atoms with Crippen LogP contribution in [0.5, 0.6) is 11.5 Å². The molecule has 11 heteroatoms. The van der Waals surface area contributed by atoms with Crippen molar-refractivity contribution < 1.29 is 23.9 Å². The average Bonchev–Trinajstić information content (AvgIpc) is 3.60. The van der Waals surface area contributed by atoms with E-state index < -0.39 is 5.91 Å². The second-order valence-corrected chi connectivity index (χ2v) is 11.0. The van der Waals surface area contributed by atoms with Gasteiger partial charge < -0.3 is 25.0 Å². The molecule has 2 N–H and O–H groups in total. The number of anilines is 1. The van der Waals surface area contributed by atoms with Gasteiger partial charge in [-0.15, -0.1) is 10.2 Å². The van der Waals surface area contributed by atoms with E-state index in [9.17, 15) is 14.4 Å². The van der Waals surface area contributed by atoms with Crippen molar-refractivity contribution in [3.63, 3.8) is 0 Å². The first-order chi connectivity index (χ1) is 18.8. The van der Waals surface area contributed by atoms with Crippen molar-refractivity contribution in [2.45, 2.75) is 46.1 Å². The number of hydrogen-bond acceptors (Lipinski definition) is 8. The van der Waals surface area contributed by atoms with Gasteiger partial charge in [0.1, 0.15) is 0 Å². The smallest absolute Gasteiger partial charge is 0.286 e. The van der Waals surface area contributed by atoms with Crippen LogP contribution >= 0.6 is 11.3 Å². The number of benzene rings is 2. The van der Waals surface area contributed by atoms with Gasteiger partial charge in [-0.3, -0.25) is 14.4 Å². The van der Waals surface area contributed by atoms with Crippen molar-refractivity contribution >= 4 is 34.7 Å². The Balaban J connectivity index is 1.09. The molecule has 1 fully saturated rings. The minimum Gasteiger partial charge on any atom is -0.454 e. The Labute approximate surface area is 230 Å². The number of nitrogens with zero attached hydrogens (tertiary/aromatic N) is 3. The number of aromatic nitrogens is 2. The summed E-state index contributed by atoms with van der Waals surface area (Å²) in [7, 11) is 0. The van der Waals surface area contributed by atoms with E-state index in [1.54, 1.807) is 23.1 Å². The zero-order chi connectivity index (χ0) is 27.5. The molecule has 0 radical (unpaired) electrons. The number of carbonyl (C=O) groups excluding carboxylic acids is 3. The van der Waals surface area contributed by atoms with Gasteiger partial charge in [-0.25, -0.2) is 0 Å². The molecule has 0 bridgehead atoms. The van der Waals surface area contributed by atoms with Gasteiger partial charge in [0.25, 0.3) is 11.8 Å². The maximum absolute atomic E-state index is 13.0. The van der Waals surface area contributed by atoms with Gasteiger partial charge in [-0.1, -0.05) is 29.5 Å². The molecule has 39 heavy (non-hydrogen) atoms. The first-order valence-corrected chi connectivity index (χ1v) is 13.8. The van der Waals surface area contributed by atoms with E-state index in [1.165, 1.54) is 11.1 Å². The highest BCUT2D eigenvalue weighted by Crippen LogP contribution is 2.34. The molecule has 1 atom stereocenters. The highest BCUT2D eigenvalue weighted by molar-refractivity contribution is 7.15. The fourth-order valence-electron chi connectivity index (χ4n) is 4.72. The first kappa shape index (κ1) is 26.6. The van der Waals surface area contributed by atoms with Crippen molar-refractivity contribution in [1.29, 1.82) is 0 Å². The van der Waals surface area contributed by atoms with Crippen LogP contribution in [0.15, 0.2) is 36.4 Å².